The highest BCUT2D eigenvalue weighted by Gasteiger charge is 2.26. The molecule has 1 aliphatic rings. The van der Waals surface area contributed by atoms with Gasteiger partial charge in [0.15, 0.2) is 0 Å². The smallest absolute Gasteiger partial charge is 0.256 e. The third-order valence-corrected chi connectivity index (χ3v) is 4.93. The summed E-state index contributed by atoms with van der Waals surface area (Å²) >= 11 is 0. The molecule has 0 radical (unpaired) electrons. The fourth-order valence-electron chi connectivity index (χ4n) is 3.20. The molecule has 1 aliphatic heterocycles. The lowest BCUT2D eigenvalue weighted by Gasteiger charge is -2.23. The van der Waals surface area contributed by atoms with Crippen LogP contribution in [-0.4, -0.2) is 35.0 Å². The van der Waals surface area contributed by atoms with Gasteiger partial charge in [-0.1, -0.05) is 20.8 Å². The summed E-state index contributed by atoms with van der Waals surface area (Å²) in [6, 6.07) is 9.17. The largest absolute Gasteiger partial charge is 0.491 e. The van der Waals surface area contributed by atoms with Crippen LogP contribution in [0.1, 0.15) is 70.4 Å². The lowest BCUT2D eigenvalue weighted by Crippen LogP contribution is -2.27. The van der Waals surface area contributed by atoms with Crippen molar-refractivity contribution in [3.63, 3.8) is 0 Å². The molecule has 1 saturated heterocycles. The molecule has 0 aliphatic carbocycles. The fraction of sp³-hybridized carbons (Fsp3) is 0.565. The minimum atomic E-state index is -0.244. The zero-order valence-corrected chi connectivity index (χ0v) is 18.4. The van der Waals surface area contributed by atoms with Crippen LogP contribution in [0.5, 0.6) is 5.75 Å². The van der Waals surface area contributed by atoms with Gasteiger partial charge in [0.1, 0.15) is 18.2 Å². The van der Waals surface area contributed by atoms with E-state index in [0.717, 1.165) is 30.9 Å². The summed E-state index contributed by atoms with van der Waals surface area (Å²) in [4.78, 5) is 12.8. The van der Waals surface area contributed by atoms with Gasteiger partial charge in [0.05, 0.1) is 17.3 Å². The van der Waals surface area contributed by atoms with E-state index >= 15 is 0 Å². The van der Waals surface area contributed by atoms with Gasteiger partial charge in [-0.25, -0.2) is 4.68 Å². The normalized spacial score (nSPS) is 17.4. The van der Waals surface area contributed by atoms with E-state index in [9.17, 15) is 4.79 Å². The predicted octanol–water partition coefficient (Wildman–Crippen LogP) is 4.75. The van der Waals surface area contributed by atoms with Crippen molar-refractivity contribution < 1.29 is 14.3 Å². The number of anilines is 1. The van der Waals surface area contributed by atoms with E-state index in [4.69, 9.17) is 14.6 Å². The number of aromatic nitrogens is 2. The molecule has 1 fully saturated rings. The summed E-state index contributed by atoms with van der Waals surface area (Å²) < 4.78 is 13.2. The van der Waals surface area contributed by atoms with Crippen LogP contribution in [0.4, 0.5) is 5.82 Å². The molecular formula is C23H33N3O3. The van der Waals surface area contributed by atoms with Gasteiger partial charge in [0, 0.05) is 23.7 Å². The molecule has 1 aromatic carbocycles. The molecule has 1 amide bonds. The van der Waals surface area contributed by atoms with Crippen LogP contribution in [0.2, 0.25) is 0 Å². The average Bonchev–Trinajstić information content (AvgIpc) is 3.29. The Hall–Kier alpha value is -2.34. The Labute approximate surface area is 173 Å². The number of carbonyl (C=O) groups excluding carboxylic acids is 1. The fourth-order valence-corrected chi connectivity index (χ4v) is 3.20. The van der Waals surface area contributed by atoms with Crippen LogP contribution < -0.4 is 10.1 Å². The highest BCUT2D eigenvalue weighted by Crippen LogP contribution is 2.28. The minimum absolute atomic E-state index is 0.0992. The van der Waals surface area contributed by atoms with Crippen molar-refractivity contribution in [1.82, 2.24) is 9.78 Å². The molecule has 1 unspecified atom stereocenters. The number of benzene rings is 1. The molecule has 2 aromatic rings. The van der Waals surface area contributed by atoms with Crippen LogP contribution in [0.3, 0.4) is 0 Å². The Morgan fingerprint density at radius 2 is 1.90 bits per heavy atom. The van der Waals surface area contributed by atoms with E-state index in [1.54, 1.807) is 12.1 Å². The highest BCUT2D eigenvalue weighted by molar-refractivity contribution is 6.03. The number of ether oxygens (including phenoxy) is 2. The second-order valence-corrected chi connectivity index (χ2v) is 9.67. The SMILES string of the molecule is CC(C)(C)c1cc(NC(=O)c2ccc(OCC3CCCO3)cc2)n(C(C)(C)C)n1. The quantitative estimate of drug-likeness (QED) is 0.788. The van der Waals surface area contributed by atoms with Crippen molar-refractivity contribution in [1.29, 1.82) is 0 Å². The third kappa shape index (κ3) is 5.38. The Bertz CT molecular complexity index is 836. The van der Waals surface area contributed by atoms with E-state index in [1.165, 1.54) is 0 Å². The monoisotopic (exact) mass is 399 g/mol. The van der Waals surface area contributed by atoms with Gasteiger partial charge in [-0.05, 0) is 57.9 Å². The average molecular weight is 400 g/mol. The first kappa shape index (κ1) is 21.4. The summed E-state index contributed by atoms with van der Waals surface area (Å²) in [5.74, 6) is 1.28. The van der Waals surface area contributed by atoms with Gasteiger partial charge in [-0.15, -0.1) is 0 Å². The van der Waals surface area contributed by atoms with Crippen molar-refractivity contribution in [3.05, 3.63) is 41.6 Å². The molecule has 0 saturated carbocycles. The molecule has 6 heteroatoms. The van der Waals surface area contributed by atoms with E-state index in [0.29, 0.717) is 18.0 Å². The molecule has 0 bridgehead atoms. The van der Waals surface area contributed by atoms with E-state index in [-0.39, 0.29) is 23.0 Å². The number of hydrogen-bond donors (Lipinski definition) is 1. The lowest BCUT2D eigenvalue weighted by atomic mass is 9.92. The maximum absolute atomic E-state index is 12.8. The van der Waals surface area contributed by atoms with Crippen LogP contribution in [-0.2, 0) is 15.7 Å². The molecule has 158 valence electrons. The van der Waals surface area contributed by atoms with Crippen LogP contribution in [0, 0.1) is 0 Å². The molecule has 3 rings (SSSR count). The summed E-state index contributed by atoms with van der Waals surface area (Å²) in [6.07, 6.45) is 2.31. The van der Waals surface area contributed by atoms with Crippen molar-refractivity contribution in [3.8, 4) is 5.75 Å². The third-order valence-electron chi connectivity index (χ3n) is 4.93. The molecular weight excluding hydrogens is 366 g/mol. The van der Waals surface area contributed by atoms with Gasteiger partial charge in [-0.3, -0.25) is 4.79 Å². The van der Waals surface area contributed by atoms with Gasteiger partial charge in [-0.2, -0.15) is 5.10 Å². The van der Waals surface area contributed by atoms with Gasteiger partial charge >= 0.3 is 0 Å². The Morgan fingerprint density at radius 1 is 1.21 bits per heavy atom. The highest BCUT2D eigenvalue weighted by atomic mass is 16.5. The Balaban J connectivity index is 1.70. The second kappa shape index (κ2) is 8.19. The molecule has 6 nitrogen and oxygen atoms in total. The summed E-state index contributed by atoms with van der Waals surface area (Å²) in [5, 5.41) is 7.77. The molecule has 29 heavy (non-hydrogen) atoms. The molecule has 2 heterocycles. The summed E-state index contributed by atoms with van der Waals surface area (Å²) in [5.41, 5.74) is 1.18. The van der Waals surface area contributed by atoms with Crippen LogP contribution >= 0.6 is 0 Å². The molecule has 0 spiro atoms. The lowest BCUT2D eigenvalue weighted by molar-refractivity contribution is 0.0679. The van der Waals surface area contributed by atoms with Crippen LogP contribution in [0.15, 0.2) is 30.3 Å². The number of rotatable bonds is 5. The van der Waals surface area contributed by atoms with Crippen molar-refractivity contribution in [2.45, 2.75) is 71.4 Å². The number of nitrogens with one attached hydrogen (secondary N) is 1. The number of hydrogen-bond acceptors (Lipinski definition) is 4. The first-order valence-electron chi connectivity index (χ1n) is 10.3. The maximum Gasteiger partial charge on any atom is 0.256 e. The molecule has 1 atom stereocenters. The van der Waals surface area contributed by atoms with E-state index in [1.807, 2.05) is 22.9 Å². The van der Waals surface area contributed by atoms with E-state index in [2.05, 4.69) is 46.9 Å². The topological polar surface area (TPSA) is 65.4 Å². The van der Waals surface area contributed by atoms with Crippen molar-refractivity contribution in [2.24, 2.45) is 0 Å². The van der Waals surface area contributed by atoms with Crippen molar-refractivity contribution >= 4 is 11.7 Å². The standard InChI is InChI=1S/C23H33N3O3/c1-22(2,3)19-14-20(26(25-19)23(4,5)6)24-21(27)16-9-11-17(12-10-16)29-15-18-8-7-13-28-18/h9-12,14,18H,7-8,13,15H2,1-6H3,(H,24,27). The summed E-state index contributed by atoms with van der Waals surface area (Å²) in [6.45, 7) is 13.9. The predicted molar refractivity (Wildman–Crippen MR) is 115 cm³/mol. The Morgan fingerprint density at radius 3 is 2.45 bits per heavy atom. The zero-order valence-electron chi connectivity index (χ0n) is 18.4. The Kier molecular flexibility index (Phi) is 6.03. The zero-order chi connectivity index (χ0) is 21.2. The molecule has 1 aromatic heterocycles. The maximum atomic E-state index is 12.8. The number of amides is 1. The number of nitrogens with zero attached hydrogens (tertiary/aromatic N) is 2. The minimum Gasteiger partial charge on any atom is -0.491 e. The number of carbonyl (C=O) groups is 1. The first-order chi connectivity index (χ1) is 13.5. The van der Waals surface area contributed by atoms with E-state index < -0.39 is 0 Å². The van der Waals surface area contributed by atoms with Crippen molar-refractivity contribution in [2.75, 3.05) is 18.5 Å². The van der Waals surface area contributed by atoms with Gasteiger partial charge in [0.25, 0.3) is 5.91 Å². The van der Waals surface area contributed by atoms with Gasteiger partial charge in [0.2, 0.25) is 0 Å². The summed E-state index contributed by atoms with van der Waals surface area (Å²) in [7, 11) is 0. The molecule has 1 N–H and O–H groups in total. The first-order valence-corrected chi connectivity index (χ1v) is 10.3. The van der Waals surface area contributed by atoms with Crippen LogP contribution in [0.25, 0.3) is 0 Å². The van der Waals surface area contributed by atoms with Gasteiger partial charge < -0.3 is 14.8 Å². The second-order valence-electron chi connectivity index (χ2n) is 9.67.